The molecule has 0 aliphatic carbocycles. The molecule has 2 N–H and O–H groups in total. The second kappa shape index (κ2) is 2.48. The number of amides is 1. The van der Waals surface area contributed by atoms with Crippen LogP contribution in [0.25, 0.3) is 0 Å². The lowest BCUT2D eigenvalue weighted by atomic mass is 10.2. The zero-order valence-electron chi connectivity index (χ0n) is 6.66. The fourth-order valence-corrected chi connectivity index (χ4v) is 1.16. The predicted molar refractivity (Wildman–Crippen MR) is 46.0 cm³/mol. The summed E-state index contributed by atoms with van der Waals surface area (Å²) >= 11 is 0. The number of fused-ring (bicyclic) bond motifs is 1. The van der Waals surface area contributed by atoms with Crippen molar-refractivity contribution in [3.05, 3.63) is 18.5 Å². The molecule has 62 valence electrons. The summed E-state index contributed by atoms with van der Waals surface area (Å²) in [5, 5.41) is 5.80. The fourth-order valence-electron chi connectivity index (χ4n) is 1.16. The van der Waals surface area contributed by atoms with Crippen LogP contribution >= 0.6 is 0 Å². The van der Waals surface area contributed by atoms with Crippen molar-refractivity contribution in [2.75, 3.05) is 10.6 Å². The first-order valence-electron chi connectivity index (χ1n) is 3.79. The van der Waals surface area contributed by atoms with Crippen LogP contribution in [0.1, 0.15) is 6.92 Å². The van der Waals surface area contributed by atoms with Gasteiger partial charge in [0.15, 0.2) is 0 Å². The van der Waals surface area contributed by atoms with E-state index in [9.17, 15) is 4.79 Å². The SMILES string of the molecule is CC1Nc2ccncc2NC1=O. The van der Waals surface area contributed by atoms with E-state index in [1.807, 2.05) is 13.0 Å². The van der Waals surface area contributed by atoms with E-state index in [-0.39, 0.29) is 11.9 Å². The largest absolute Gasteiger partial charge is 0.372 e. The fraction of sp³-hybridized carbons (Fsp3) is 0.250. The van der Waals surface area contributed by atoms with Gasteiger partial charge in [-0.05, 0) is 13.0 Å². The van der Waals surface area contributed by atoms with Gasteiger partial charge < -0.3 is 10.6 Å². The third kappa shape index (κ3) is 1.01. The van der Waals surface area contributed by atoms with Crippen LogP contribution in [0, 0.1) is 0 Å². The van der Waals surface area contributed by atoms with Gasteiger partial charge in [-0.25, -0.2) is 0 Å². The van der Waals surface area contributed by atoms with E-state index in [0.717, 1.165) is 11.4 Å². The lowest BCUT2D eigenvalue weighted by molar-refractivity contribution is -0.116. The van der Waals surface area contributed by atoms with Crippen molar-refractivity contribution in [2.45, 2.75) is 13.0 Å². The zero-order valence-corrected chi connectivity index (χ0v) is 6.66. The number of aromatic nitrogens is 1. The summed E-state index contributed by atoms with van der Waals surface area (Å²) in [6.07, 6.45) is 3.32. The molecule has 12 heavy (non-hydrogen) atoms. The molecule has 1 amide bonds. The summed E-state index contributed by atoms with van der Waals surface area (Å²) in [6, 6.07) is 1.67. The minimum atomic E-state index is -0.167. The highest BCUT2D eigenvalue weighted by Gasteiger charge is 2.20. The molecule has 4 heteroatoms. The quantitative estimate of drug-likeness (QED) is 0.595. The van der Waals surface area contributed by atoms with E-state index in [1.54, 1.807) is 12.4 Å². The van der Waals surface area contributed by atoms with Crippen molar-refractivity contribution in [2.24, 2.45) is 0 Å². The summed E-state index contributed by atoms with van der Waals surface area (Å²) in [7, 11) is 0. The van der Waals surface area contributed by atoms with Crippen LogP contribution in [0.3, 0.4) is 0 Å². The van der Waals surface area contributed by atoms with E-state index in [2.05, 4.69) is 15.6 Å². The highest BCUT2D eigenvalue weighted by Crippen LogP contribution is 2.24. The summed E-state index contributed by atoms with van der Waals surface area (Å²) in [5.74, 6) is -0.0181. The molecule has 1 aliphatic heterocycles. The first-order chi connectivity index (χ1) is 5.77. The number of carbonyl (C=O) groups is 1. The Labute approximate surface area is 70.0 Å². The highest BCUT2D eigenvalue weighted by molar-refractivity contribution is 6.02. The zero-order chi connectivity index (χ0) is 8.55. The molecule has 0 saturated heterocycles. The minimum absolute atomic E-state index is 0.0181. The van der Waals surface area contributed by atoms with Gasteiger partial charge in [0, 0.05) is 6.20 Å². The first-order valence-corrected chi connectivity index (χ1v) is 3.79. The number of hydrogen-bond donors (Lipinski definition) is 2. The molecule has 2 heterocycles. The standard InChI is InChI=1S/C8H9N3O/c1-5-8(12)11-7-4-9-3-2-6(7)10-5/h2-5,10H,1H3,(H,11,12). The van der Waals surface area contributed by atoms with Crippen LogP contribution in [0.4, 0.5) is 11.4 Å². The van der Waals surface area contributed by atoms with E-state index in [0.29, 0.717) is 0 Å². The Kier molecular flexibility index (Phi) is 1.46. The van der Waals surface area contributed by atoms with Crippen molar-refractivity contribution in [1.29, 1.82) is 0 Å². The number of rotatable bonds is 0. The molecule has 1 aliphatic rings. The van der Waals surface area contributed by atoms with Crippen LogP contribution in [0.2, 0.25) is 0 Å². The number of nitrogens with zero attached hydrogens (tertiary/aromatic N) is 1. The Balaban J connectivity index is 2.40. The number of carbonyl (C=O) groups excluding carboxylic acids is 1. The molecular weight excluding hydrogens is 154 g/mol. The molecule has 0 bridgehead atoms. The first kappa shape index (κ1) is 7.09. The van der Waals surface area contributed by atoms with Gasteiger partial charge in [-0.2, -0.15) is 0 Å². The molecule has 0 radical (unpaired) electrons. The van der Waals surface area contributed by atoms with Crippen molar-refractivity contribution in [3.63, 3.8) is 0 Å². The van der Waals surface area contributed by atoms with Gasteiger partial charge in [0.1, 0.15) is 6.04 Å². The maximum atomic E-state index is 11.2. The Morgan fingerprint density at radius 1 is 1.50 bits per heavy atom. The van der Waals surface area contributed by atoms with Gasteiger partial charge >= 0.3 is 0 Å². The number of nitrogens with one attached hydrogen (secondary N) is 2. The number of hydrogen-bond acceptors (Lipinski definition) is 3. The maximum absolute atomic E-state index is 11.2. The summed E-state index contributed by atoms with van der Waals surface area (Å²) < 4.78 is 0. The van der Waals surface area contributed by atoms with Gasteiger partial charge in [-0.15, -0.1) is 0 Å². The van der Waals surface area contributed by atoms with Gasteiger partial charge in [0.25, 0.3) is 0 Å². The monoisotopic (exact) mass is 163 g/mol. The average molecular weight is 163 g/mol. The second-order valence-corrected chi connectivity index (χ2v) is 2.78. The van der Waals surface area contributed by atoms with Gasteiger partial charge in [0.05, 0.1) is 17.6 Å². The molecule has 2 rings (SSSR count). The van der Waals surface area contributed by atoms with Crippen molar-refractivity contribution < 1.29 is 4.79 Å². The lowest BCUT2D eigenvalue weighted by Crippen LogP contribution is -2.36. The van der Waals surface area contributed by atoms with Crippen LogP contribution in [0.5, 0.6) is 0 Å². The average Bonchev–Trinajstić information content (AvgIpc) is 2.07. The second-order valence-electron chi connectivity index (χ2n) is 2.78. The normalized spacial score (nSPS) is 20.8. The van der Waals surface area contributed by atoms with Gasteiger partial charge in [-0.1, -0.05) is 0 Å². The van der Waals surface area contributed by atoms with Crippen molar-refractivity contribution in [1.82, 2.24) is 4.98 Å². The highest BCUT2D eigenvalue weighted by atomic mass is 16.2. The van der Waals surface area contributed by atoms with Crippen LogP contribution < -0.4 is 10.6 Å². The molecule has 1 atom stereocenters. The number of pyridine rings is 1. The predicted octanol–water partition coefficient (Wildman–Crippen LogP) is 0.834. The Hall–Kier alpha value is -1.58. The molecule has 0 saturated carbocycles. The molecule has 1 aromatic rings. The Morgan fingerprint density at radius 2 is 2.33 bits per heavy atom. The topological polar surface area (TPSA) is 54.0 Å². The lowest BCUT2D eigenvalue weighted by Gasteiger charge is -2.23. The summed E-state index contributed by atoms with van der Waals surface area (Å²) in [6.45, 7) is 1.82. The van der Waals surface area contributed by atoms with E-state index >= 15 is 0 Å². The van der Waals surface area contributed by atoms with Crippen LogP contribution in [-0.2, 0) is 4.79 Å². The van der Waals surface area contributed by atoms with Crippen molar-refractivity contribution >= 4 is 17.3 Å². The molecule has 0 spiro atoms. The van der Waals surface area contributed by atoms with Crippen LogP contribution in [-0.4, -0.2) is 16.9 Å². The van der Waals surface area contributed by atoms with E-state index in [4.69, 9.17) is 0 Å². The number of anilines is 2. The van der Waals surface area contributed by atoms with Crippen molar-refractivity contribution in [3.8, 4) is 0 Å². The molecule has 1 unspecified atom stereocenters. The maximum Gasteiger partial charge on any atom is 0.246 e. The van der Waals surface area contributed by atoms with Gasteiger partial charge in [-0.3, -0.25) is 9.78 Å². The smallest absolute Gasteiger partial charge is 0.246 e. The molecule has 0 fully saturated rings. The van der Waals surface area contributed by atoms with E-state index in [1.165, 1.54) is 0 Å². The Bertz CT molecular complexity index is 324. The van der Waals surface area contributed by atoms with Gasteiger partial charge in [0.2, 0.25) is 5.91 Å². The van der Waals surface area contributed by atoms with E-state index < -0.39 is 0 Å². The summed E-state index contributed by atoms with van der Waals surface area (Å²) in [4.78, 5) is 15.1. The molecule has 1 aromatic heterocycles. The third-order valence-electron chi connectivity index (χ3n) is 1.84. The molecule has 0 aromatic carbocycles. The van der Waals surface area contributed by atoms with Crippen LogP contribution in [0.15, 0.2) is 18.5 Å². The minimum Gasteiger partial charge on any atom is -0.372 e. The summed E-state index contributed by atoms with van der Waals surface area (Å²) in [5.41, 5.74) is 1.68. The molecule has 4 nitrogen and oxygen atoms in total. The third-order valence-corrected chi connectivity index (χ3v) is 1.84. The Morgan fingerprint density at radius 3 is 3.17 bits per heavy atom. The molecular formula is C8H9N3O.